The van der Waals surface area contributed by atoms with Crippen LogP contribution < -0.4 is 20.1 Å². The SMILES string of the molecule is CS(=O)(=O)NC(=O)Cc1ccc(O[C@@H]2CC[C@@H](NC(=O)[C@@]3(F)CNC4(CCCC4)C3)C2)c(-c2cccc(F)c2C2CCC2)c1. The van der Waals surface area contributed by atoms with E-state index < -0.39 is 27.5 Å². The van der Waals surface area contributed by atoms with Gasteiger partial charge >= 0.3 is 0 Å². The Morgan fingerprint density at radius 2 is 1.82 bits per heavy atom. The molecular formula is C33H41F2N3O5S. The van der Waals surface area contributed by atoms with E-state index in [2.05, 4.69) is 10.6 Å². The lowest BCUT2D eigenvalue weighted by Crippen LogP contribution is -2.48. The molecule has 11 heteroatoms. The van der Waals surface area contributed by atoms with Gasteiger partial charge in [0.1, 0.15) is 17.7 Å². The zero-order valence-electron chi connectivity index (χ0n) is 25.1. The van der Waals surface area contributed by atoms with Crippen LogP contribution in [0.1, 0.15) is 87.7 Å². The van der Waals surface area contributed by atoms with Crippen molar-refractivity contribution >= 4 is 21.8 Å². The summed E-state index contributed by atoms with van der Waals surface area (Å²) in [6, 6.07) is 9.95. The summed E-state index contributed by atoms with van der Waals surface area (Å²) in [5.41, 5.74) is 0.336. The lowest BCUT2D eigenvalue weighted by Gasteiger charge is -2.29. The van der Waals surface area contributed by atoms with E-state index in [-0.39, 0.29) is 48.8 Å². The van der Waals surface area contributed by atoms with Crippen LogP contribution in [0, 0.1) is 5.82 Å². The van der Waals surface area contributed by atoms with Gasteiger partial charge in [0.15, 0.2) is 0 Å². The molecule has 3 N–H and O–H groups in total. The highest BCUT2D eigenvalue weighted by atomic mass is 32.2. The first-order valence-electron chi connectivity index (χ1n) is 15.8. The van der Waals surface area contributed by atoms with E-state index in [0.29, 0.717) is 47.3 Å². The number of hydrogen-bond acceptors (Lipinski definition) is 6. The third kappa shape index (κ3) is 6.63. The predicted octanol–water partition coefficient (Wildman–Crippen LogP) is 4.81. The second-order valence-electron chi connectivity index (χ2n) is 13.3. The largest absolute Gasteiger partial charge is 0.490 e. The van der Waals surface area contributed by atoms with Gasteiger partial charge in [-0.1, -0.05) is 37.5 Å². The van der Waals surface area contributed by atoms with Crippen LogP contribution >= 0.6 is 0 Å². The number of amides is 2. The lowest BCUT2D eigenvalue weighted by molar-refractivity contribution is -0.132. The van der Waals surface area contributed by atoms with E-state index in [1.165, 1.54) is 6.07 Å². The molecule has 0 bridgehead atoms. The molecule has 3 atom stereocenters. The summed E-state index contributed by atoms with van der Waals surface area (Å²) in [6.45, 7) is 0.0420. The molecule has 1 spiro atoms. The average molecular weight is 630 g/mol. The first-order valence-corrected chi connectivity index (χ1v) is 17.7. The minimum Gasteiger partial charge on any atom is -0.490 e. The molecule has 0 aromatic heterocycles. The molecule has 8 nitrogen and oxygen atoms in total. The predicted molar refractivity (Wildman–Crippen MR) is 163 cm³/mol. The molecule has 1 heterocycles. The second-order valence-corrected chi connectivity index (χ2v) is 15.1. The van der Waals surface area contributed by atoms with Gasteiger partial charge in [0.2, 0.25) is 21.6 Å². The number of carbonyl (C=O) groups excluding carboxylic acids is 2. The number of ether oxygens (including phenoxy) is 1. The lowest BCUT2D eigenvalue weighted by atomic mass is 9.76. The van der Waals surface area contributed by atoms with Gasteiger partial charge in [-0.2, -0.15) is 0 Å². The van der Waals surface area contributed by atoms with Crippen molar-refractivity contribution in [2.24, 2.45) is 0 Å². The van der Waals surface area contributed by atoms with Crippen molar-refractivity contribution in [3.63, 3.8) is 0 Å². The second kappa shape index (κ2) is 12.0. The smallest absolute Gasteiger partial charge is 0.259 e. The Bertz CT molecular complexity index is 1540. The van der Waals surface area contributed by atoms with Crippen LogP contribution in [0.3, 0.4) is 0 Å². The van der Waals surface area contributed by atoms with Crippen LogP contribution in [0.4, 0.5) is 8.78 Å². The summed E-state index contributed by atoms with van der Waals surface area (Å²) < 4.78 is 62.6. The van der Waals surface area contributed by atoms with Gasteiger partial charge in [0, 0.05) is 36.5 Å². The first kappa shape index (κ1) is 31.0. The normalized spacial score (nSPS) is 26.4. The van der Waals surface area contributed by atoms with Crippen LogP contribution in [0.15, 0.2) is 36.4 Å². The van der Waals surface area contributed by atoms with Gasteiger partial charge in [0.25, 0.3) is 5.91 Å². The number of benzene rings is 2. The van der Waals surface area contributed by atoms with Crippen molar-refractivity contribution in [3.8, 4) is 16.9 Å². The minimum atomic E-state index is -3.71. The summed E-state index contributed by atoms with van der Waals surface area (Å²) in [6.07, 6.45) is 9.25. The van der Waals surface area contributed by atoms with Crippen LogP contribution in [0.25, 0.3) is 11.1 Å². The van der Waals surface area contributed by atoms with Crippen molar-refractivity contribution < 1.29 is 31.5 Å². The zero-order valence-corrected chi connectivity index (χ0v) is 25.9. The topological polar surface area (TPSA) is 114 Å². The first-order chi connectivity index (χ1) is 20.9. The van der Waals surface area contributed by atoms with E-state index in [4.69, 9.17) is 4.74 Å². The Morgan fingerprint density at radius 3 is 2.52 bits per heavy atom. The fraction of sp³-hybridized carbons (Fsp3) is 0.576. The third-order valence-electron chi connectivity index (χ3n) is 9.91. The molecule has 2 aromatic rings. The Labute approximate surface area is 257 Å². The van der Waals surface area contributed by atoms with Crippen LogP contribution in [0.2, 0.25) is 0 Å². The minimum absolute atomic E-state index is 0.0420. The number of alkyl halides is 1. The summed E-state index contributed by atoms with van der Waals surface area (Å²) in [7, 11) is -3.71. The van der Waals surface area contributed by atoms with Gasteiger partial charge in [-0.3, -0.25) is 14.3 Å². The molecule has 1 aliphatic heterocycles. The zero-order chi connectivity index (χ0) is 31.1. The van der Waals surface area contributed by atoms with E-state index in [1.54, 1.807) is 24.3 Å². The molecule has 4 aliphatic rings. The van der Waals surface area contributed by atoms with Crippen molar-refractivity contribution in [2.45, 2.75) is 106 Å². The van der Waals surface area contributed by atoms with Crippen LogP contribution in [-0.4, -0.2) is 56.4 Å². The number of carbonyl (C=O) groups is 2. The highest BCUT2D eigenvalue weighted by Gasteiger charge is 2.54. The molecule has 4 fully saturated rings. The Morgan fingerprint density at radius 1 is 1.05 bits per heavy atom. The van der Waals surface area contributed by atoms with E-state index in [9.17, 15) is 18.0 Å². The number of sulfonamides is 1. The van der Waals surface area contributed by atoms with Gasteiger partial charge < -0.3 is 15.4 Å². The highest BCUT2D eigenvalue weighted by molar-refractivity contribution is 7.89. The maximum atomic E-state index is 15.7. The van der Waals surface area contributed by atoms with Gasteiger partial charge in [0.05, 0.1) is 12.7 Å². The maximum absolute atomic E-state index is 15.7. The molecule has 0 radical (unpaired) electrons. The van der Waals surface area contributed by atoms with Gasteiger partial charge in [-0.05, 0) is 79.3 Å². The molecule has 6 rings (SSSR count). The van der Waals surface area contributed by atoms with Crippen molar-refractivity contribution in [2.75, 3.05) is 12.8 Å². The van der Waals surface area contributed by atoms with Crippen molar-refractivity contribution in [1.82, 2.24) is 15.4 Å². The molecule has 3 aliphatic carbocycles. The maximum Gasteiger partial charge on any atom is 0.259 e. The Hall–Kier alpha value is -3.05. The van der Waals surface area contributed by atoms with E-state index in [1.807, 2.05) is 10.8 Å². The van der Waals surface area contributed by atoms with E-state index >= 15 is 8.78 Å². The summed E-state index contributed by atoms with van der Waals surface area (Å²) >= 11 is 0. The highest BCUT2D eigenvalue weighted by Crippen LogP contribution is 2.46. The fourth-order valence-electron chi connectivity index (χ4n) is 7.54. The molecular weight excluding hydrogens is 588 g/mol. The average Bonchev–Trinajstić information content (AvgIpc) is 3.65. The van der Waals surface area contributed by atoms with E-state index in [0.717, 1.165) is 51.2 Å². The number of rotatable bonds is 9. The van der Waals surface area contributed by atoms with Gasteiger partial charge in [-0.25, -0.2) is 17.2 Å². The summed E-state index contributed by atoms with van der Waals surface area (Å²) in [4.78, 5) is 25.5. The van der Waals surface area contributed by atoms with Gasteiger partial charge in [-0.15, -0.1) is 0 Å². The molecule has 238 valence electrons. The summed E-state index contributed by atoms with van der Waals surface area (Å²) in [5.74, 6) is -0.902. The molecule has 3 saturated carbocycles. The summed E-state index contributed by atoms with van der Waals surface area (Å²) in [5, 5.41) is 6.25. The Kier molecular flexibility index (Phi) is 8.47. The monoisotopic (exact) mass is 629 g/mol. The number of hydrogen-bond donors (Lipinski definition) is 3. The number of nitrogens with one attached hydrogen (secondary N) is 3. The number of halogens is 2. The third-order valence-corrected chi connectivity index (χ3v) is 10.5. The Balaban J connectivity index is 1.19. The standard InChI is InChI=1S/C33H41F2N3O5S/c1-44(41,42)38-29(39)17-21-10-13-28(26(16-21)25-8-5-9-27(34)30(25)22-6-4-7-22)43-24-12-11-23(18-24)37-31(40)33(35)19-32(36-20-33)14-2-3-15-32/h5,8-10,13,16,22-24,36H,2-4,6-7,11-12,14-15,17-20H2,1H3,(H,37,40)(H,38,39)/t23-,24-,33+/m1/s1. The van der Waals surface area contributed by atoms with Crippen molar-refractivity contribution in [1.29, 1.82) is 0 Å². The molecule has 2 amide bonds. The molecule has 0 unspecified atom stereocenters. The molecule has 44 heavy (non-hydrogen) atoms. The van der Waals surface area contributed by atoms with Crippen molar-refractivity contribution in [3.05, 3.63) is 53.3 Å². The quantitative estimate of drug-likeness (QED) is 0.367. The molecule has 1 saturated heterocycles. The van der Waals surface area contributed by atoms with Crippen LogP contribution in [-0.2, 0) is 26.0 Å². The molecule has 2 aromatic carbocycles. The van der Waals surface area contributed by atoms with Crippen LogP contribution in [0.5, 0.6) is 5.75 Å². The fourth-order valence-corrected chi connectivity index (χ4v) is 8.03.